The molecule has 3 rings (SSSR count). The molecule has 11 heteroatoms. The zero-order valence-corrected chi connectivity index (χ0v) is 17.8. The van der Waals surface area contributed by atoms with Crippen LogP contribution in [0.1, 0.15) is 39.7 Å². The van der Waals surface area contributed by atoms with E-state index in [-0.39, 0.29) is 34.0 Å². The summed E-state index contributed by atoms with van der Waals surface area (Å²) in [5.74, 6) is -1.77. The Morgan fingerprint density at radius 1 is 1.12 bits per heavy atom. The third-order valence-electron chi connectivity index (χ3n) is 4.98. The Bertz CT molecular complexity index is 1150. The molecule has 0 N–H and O–H groups in total. The highest BCUT2D eigenvalue weighted by Gasteiger charge is 2.42. The van der Waals surface area contributed by atoms with Gasteiger partial charge in [0.25, 0.3) is 0 Å². The van der Waals surface area contributed by atoms with E-state index in [4.69, 9.17) is 5.26 Å². The van der Waals surface area contributed by atoms with Crippen LogP contribution in [0.25, 0.3) is 10.6 Å². The van der Waals surface area contributed by atoms with Crippen LogP contribution in [0.5, 0.6) is 0 Å². The molecule has 0 fully saturated rings. The summed E-state index contributed by atoms with van der Waals surface area (Å²) >= 11 is 0.810. The van der Waals surface area contributed by atoms with Gasteiger partial charge in [-0.15, -0.1) is 11.3 Å². The fourth-order valence-corrected chi connectivity index (χ4v) is 4.52. The van der Waals surface area contributed by atoms with Crippen LogP contribution < -0.4 is 5.46 Å². The maximum Gasteiger partial charge on any atom is 0.433 e. The van der Waals surface area contributed by atoms with Gasteiger partial charge in [-0.3, -0.25) is 4.98 Å². The highest BCUT2D eigenvalue weighted by molar-refractivity contribution is 7.15. The molecule has 0 aliphatic carbocycles. The van der Waals surface area contributed by atoms with Gasteiger partial charge in [0.05, 0.1) is 17.7 Å². The van der Waals surface area contributed by atoms with Crippen LogP contribution >= 0.6 is 11.3 Å². The minimum Gasteiger partial charge on any atom is -0.251 e. The molecule has 32 heavy (non-hydrogen) atoms. The van der Waals surface area contributed by atoms with Gasteiger partial charge in [0, 0.05) is 22.2 Å². The second-order valence-corrected chi connectivity index (χ2v) is 8.32. The summed E-state index contributed by atoms with van der Waals surface area (Å²) in [6.07, 6.45) is -8.23. The Hall–Kier alpha value is -2.87. The zero-order valence-electron chi connectivity index (χ0n) is 17.0. The van der Waals surface area contributed by atoms with Gasteiger partial charge in [0.1, 0.15) is 18.5 Å². The number of nitriles is 1. The molecular formula is C21H16BF6N3S. The average Bonchev–Trinajstić information content (AvgIpc) is 3.08. The lowest BCUT2D eigenvalue weighted by atomic mass is 9.87. The number of hydrogen-bond donors (Lipinski definition) is 0. The van der Waals surface area contributed by atoms with E-state index in [0.29, 0.717) is 16.6 Å². The Balaban J connectivity index is 1.87. The molecular weight excluding hydrogens is 451 g/mol. The lowest BCUT2D eigenvalue weighted by Gasteiger charge is -2.19. The summed E-state index contributed by atoms with van der Waals surface area (Å²) in [5.41, 5.74) is 1.17. The molecule has 0 aliphatic rings. The predicted molar refractivity (Wildman–Crippen MR) is 112 cm³/mol. The van der Waals surface area contributed by atoms with Crippen molar-refractivity contribution >= 4 is 24.6 Å². The van der Waals surface area contributed by atoms with Crippen LogP contribution in [-0.2, 0) is 12.6 Å². The molecule has 0 aliphatic heterocycles. The number of hydrogen-bond acceptors (Lipinski definition) is 4. The smallest absolute Gasteiger partial charge is 0.251 e. The summed E-state index contributed by atoms with van der Waals surface area (Å²) in [6.45, 7) is 1.46. The van der Waals surface area contributed by atoms with Crippen molar-refractivity contribution in [2.45, 2.75) is 38.0 Å². The Morgan fingerprint density at radius 2 is 1.84 bits per heavy atom. The molecule has 1 atom stereocenters. The highest BCUT2D eigenvalue weighted by Crippen LogP contribution is 2.44. The number of halogens is 6. The third-order valence-corrected chi connectivity index (χ3v) is 6.30. The molecule has 3 aromatic rings. The van der Waals surface area contributed by atoms with E-state index in [2.05, 4.69) is 9.97 Å². The first-order valence-electron chi connectivity index (χ1n) is 9.47. The maximum atomic E-state index is 13.9. The van der Waals surface area contributed by atoms with E-state index >= 15 is 0 Å². The average molecular weight is 467 g/mol. The minimum absolute atomic E-state index is 0.0257. The van der Waals surface area contributed by atoms with E-state index in [1.54, 1.807) is 26.0 Å². The number of benzene rings is 1. The first-order valence-corrected chi connectivity index (χ1v) is 10.3. The lowest BCUT2D eigenvalue weighted by molar-refractivity contribution is -0.151. The van der Waals surface area contributed by atoms with Crippen molar-refractivity contribution < 1.29 is 26.3 Å². The SMILES string of the molecule is Bc1cc(CCC(c2sc(-c3ccc(C(F)(F)F)nc3)nc2C)C(F)(F)F)ccc1C#N. The number of nitrogens with zero attached hydrogens (tertiary/aromatic N) is 3. The van der Waals surface area contributed by atoms with Gasteiger partial charge in [-0.1, -0.05) is 17.6 Å². The molecule has 0 amide bonds. The highest BCUT2D eigenvalue weighted by atomic mass is 32.1. The molecule has 2 aromatic heterocycles. The van der Waals surface area contributed by atoms with Crippen molar-refractivity contribution in [3.63, 3.8) is 0 Å². The summed E-state index contributed by atoms with van der Waals surface area (Å²) in [4.78, 5) is 7.54. The fraction of sp³-hybridized carbons (Fsp3) is 0.286. The molecule has 3 nitrogen and oxygen atoms in total. The molecule has 0 radical (unpaired) electrons. The summed E-state index contributed by atoms with van der Waals surface area (Å²) in [7, 11) is 1.72. The Kier molecular flexibility index (Phi) is 6.65. The van der Waals surface area contributed by atoms with Crippen LogP contribution in [0, 0.1) is 18.3 Å². The van der Waals surface area contributed by atoms with Crippen molar-refractivity contribution in [2.24, 2.45) is 0 Å². The standard InChI is InChI=1S/C21H16BF6N3S/c1-11-18(32-19(31-11)14-5-7-17(30-10-14)21(26,27)28)15(20(23,24)25)6-3-12-2-4-13(9-29)16(22)8-12/h2,4-5,7-8,10,15H,3,6,22H2,1H3. The number of alkyl halides is 6. The Morgan fingerprint density at radius 3 is 2.38 bits per heavy atom. The van der Waals surface area contributed by atoms with Gasteiger partial charge in [-0.25, -0.2) is 4.98 Å². The number of aromatic nitrogens is 2. The van der Waals surface area contributed by atoms with Gasteiger partial charge >= 0.3 is 12.4 Å². The van der Waals surface area contributed by atoms with Crippen molar-refractivity contribution in [1.29, 1.82) is 5.26 Å². The van der Waals surface area contributed by atoms with Gasteiger partial charge in [0.15, 0.2) is 0 Å². The Labute approximate surface area is 185 Å². The molecule has 0 saturated heterocycles. The number of rotatable bonds is 5. The second kappa shape index (κ2) is 8.94. The van der Waals surface area contributed by atoms with Crippen LogP contribution in [0.2, 0.25) is 0 Å². The van der Waals surface area contributed by atoms with Gasteiger partial charge in [0.2, 0.25) is 0 Å². The topological polar surface area (TPSA) is 49.6 Å². The molecule has 1 aromatic carbocycles. The fourth-order valence-electron chi connectivity index (χ4n) is 3.30. The summed E-state index contributed by atoms with van der Waals surface area (Å²) in [6, 6.07) is 8.87. The number of aryl methyl sites for hydroxylation is 2. The molecule has 166 valence electrons. The zero-order chi connectivity index (χ0) is 23.7. The predicted octanol–water partition coefficient (Wildman–Crippen LogP) is 4.94. The van der Waals surface area contributed by atoms with Crippen molar-refractivity contribution in [1.82, 2.24) is 9.97 Å². The van der Waals surface area contributed by atoms with Crippen LogP contribution in [0.3, 0.4) is 0 Å². The van der Waals surface area contributed by atoms with Crippen molar-refractivity contribution in [3.8, 4) is 16.6 Å². The maximum absolute atomic E-state index is 13.9. The largest absolute Gasteiger partial charge is 0.433 e. The number of pyridine rings is 1. The van der Waals surface area contributed by atoms with Gasteiger partial charge in [-0.05, 0) is 43.5 Å². The normalized spacial score (nSPS) is 13.1. The molecule has 2 heterocycles. The molecule has 0 bridgehead atoms. The minimum atomic E-state index is -4.60. The van der Waals surface area contributed by atoms with Gasteiger partial charge < -0.3 is 0 Å². The van der Waals surface area contributed by atoms with Crippen LogP contribution in [-0.4, -0.2) is 24.0 Å². The van der Waals surface area contributed by atoms with E-state index < -0.39 is 24.0 Å². The van der Waals surface area contributed by atoms with Crippen molar-refractivity contribution in [2.75, 3.05) is 0 Å². The third kappa shape index (κ3) is 5.30. The van der Waals surface area contributed by atoms with Gasteiger partial charge in [-0.2, -0.15) is 31.6 Å². The molecule has 0 spiro atoms. The van der Waals surface area contributed by atoms with Crippen molar-refractivity contribution in [3.05, 3.63) is 63.9 Å². The monoisotopic (exact) mass is 467 g/mol. The summed E-state index contributed by atoms with van der Waals surface area (Å²) < 4.78 is 79.8. The van der Waals surface area contributed by atoms with E-state index in [1.165, 1.54) is 6.92 Å². The number of thiazole rings is 1. The second-order valence-electron chi connectivity index (χ2n) is 7.29. The first kappa shape index (κ1) is 23.8. The molecule has 1 unspecified atom stereocenters. The van der Waals surface area contributed by atoms with E-state index in [9.17, 15) is 26.3 Å². The van der Waals surface area contributed by atoms with Crippen LogP contribution in [0.4, 0.5) is 26.3 Å². The molecule has 0 saturated carbocycles. The quantitative estimate of drug-likeness (QED) is 0.395. The van der Waals surface area contributed by atoms with E-state index in [0.717, 1.165) is 29.7 Å². The summed E-state index contributed by atoms with van der Waals surface area (Å²) in [5, 5.41) is 9.18. The van der Waals surface area contributed by atoms with Crippen LogP contribution in [0.15, 0.2) is 36.5 Å². The lowest BCUT2D eigenvalue weighted by Crippen LogP contribution is -2.21. The van der Waals surface area contributed by atoms with E-state index in [1.807, 2.05) is 6.07 Å². The first-order chi connectivity index (χ1) is 14.9.